The van der Waals surface area contributed by atoms with Crippen molar-refractivity contribution in [1.29, 1.82) is 5.26 Å². The van der Waals surface area contributed by atoms with Crippen molar-refractivity contribution in [2.75, 3.05) is 5.32 Å². The molecule has 0 bridgehead atoms. The fourth-order valence-electron chi connectivity index (χ4n) is 4.28. The number of nitrogens with one attached hydrogen (secondary N) is 2. The first-order chi connectivity index (χ1) is 16.4. The third-order valence-electron chi connectivity index (χ3n) is 5.96. The number of nitrogens with zero attached hydrogens (tertiary/aromatic N) is 3. The molecule has 8 heteroatoms. The van der Waals surface area contributed by atoms with Crippen LogP contribution in [0.25, 0.3) is 28.6 Å². The Bertz CT molecular complexity index is 1550. The molecule has 5 rings (SSSR count). The number of carboxylic acids is 1. The summed E-state index contributed by atoms with van der Waals surface area (Å²) in [5.41, 5.74) is 6.82. The first-order valence-electron chi connectivity index (χ1n) is 10.5. The molecule has 1 amide bonds. The number of carboxylic acid groups (broad SMARTS) is 1. The van der Waals surface area contributed by atoms with E-state index in [2.05, 4.69) is 21.5 Å². The first-order valence-corrected chi connectivity index (χ1v) is 10.5. The minimum absolute atomic E-state index is 0.213. The van der Waals surface area contributed by atoms with Crippen molar-refractivity contribution < 1.29 is 14.7 Å². The molecule has 166 valence electrons. The van der Waals surface area contributed by atoms with E-state index >= 15 is 0 Å². The lowest BCUT2D eigenvalue weighted by Gasteiger charge is -2.09. The molecular weight excluding hydrogens is 430 g/mol. The Hall–Kier alpha value is -4.90. The molecule has 0 radical (unpaired) electrons. The first kappa shape index (κ1) is 21.0. The highest BCUT2D eigenvalue weighted by Gasteiger charge is 2.26. The number of fused-ring (bicyclic) bond motifs is 1. The van der Waals surface area contributed by atoms with E-state index < -0.39 is 5.97 Å². The van der Waals surface area contributed by atoms with Crippen LogP contribution >= 0.6 is 0 Å². The minimum Gasteiger partial charge on any atom is -0.478 e. The van der Waals surface area contributed by atoms with Gasteiger partial charge in [0.1, 0.15) is 0 Å². The zero-order valence-corrected chi connectivity index (χ0v) is 18.4. The summed E-state index contributed by atoms with van der Waals surface area (Å²) in [6.45, 7) is 3.42. The van der Waals surface area contributed by atoms with Gasteiger partial charge in [0.05, 0.1) is 40.3 Å². The molecule has 3 heterocycles. The number of aromatic amines is 1. The third-order valence-corrected chi connectivity index (χ3v) is 5.96. The lowest BCUT2D eigenvalue weighted by atomic mass is 10.0. The summed E-state index contributed by atoms with van der Waals surface area (Å²) in [6, 6.07) is 16.8. The highest BCUT2D eigenvalue weighted by Crippen LogP contribution is 2.37. The molecule has 0 saturated carbocycles. The van der Waals surface area contributed by atoms with E-state index in [0.29, 0.717) is 33.8 Å². The van der Waals surface area contributed by atoms with Crippen LogP contribution in [0.3, 0.4) is 0 Å². The molecule has 2 aromatic carbocycles. The molecule has 8 nitrogen and oxygen atoms in total. The summed E-state index contributed by atoms with van der Waals surface area (Å²) >= 11 is 0. The summed E-state index contributed by atoms with van der Waals surface area (Å²) in [4.78, 5) is 27.4. The van der Waals surface area contributed by atoms with Crippen molar-refractivity contribution in [2.45, 2.75) is 13.8 Å². The second-order valence-electron chi connectivity index (χ2n) is 8.03. The number of carbonyl (C=O) groups excluding carboxylic acids is 1. The van der Waals surface area contributed by atoms with E-state index in [9.17, 15) is 14.7 Å². The van der Waals surface area contributed by atoms with E-state index in [-0.39, 0.29) is 11.5 Å². The van der Waals surface area contributed by atoms with Crippen molar-refractivity contribution in [3.8, 4) is 23.0 Å². The fourth-order valence-corrected chi connectivity index (χ4v) is 4.28. The number of nitriles is 1. The number of aromatic nitrogens is 3. The average molecular weight is 449 g/mol. The van der Waals surface area contributed by atoms with Crippen molar-refractivity contribution >= 4 is 29.2 Å². The molecule has 0 aliphatic carbocycles. The summed E-state index contributed by atoms with van der Waals surface area (Å²) in [5.74, 6) is -1.26. The highest BCUT2D eigenvalue weighted by molar-refractivity contribution is 6.35. The SMILES string of the molecule is Cc1[nH]c(C=C2C(=O)Nc3ccc(-c4ccnn4-c4ccc(C#N)cc4)cc32)c(C)c1C(=O)O. The molecular formula is C26H19N5O3. The van der Waals surface area contributed by atoms with Crippen LogP contribution in [-0.4, -0.2) is 31.7 Å². The molecule has 3 N–H and O–H groups in total. The van der Waals surface area contributed by atoms with E-state index in [0.717, 1.165) is 22.5 Å². The van der Waals surface area contributed by atoms with Crippen LogP contribution < -0.4 is 5.32 Å². The van der Waals surface area contributed by atoms with Crippen LogP contribution in [0.1, 0.15) is 38.4 Å². The Morgan fingerprint density at radius 3 is 2.59 bits per heavy atom. The molecule has 1 aliphatic heterocycles. The molecule has 0 saturated heterocycles. The van der Waals surface area contributed by atoms with Gasteiger partial charge in [0.15, 0.2) is 0 Å². The highest BCUT2D eigenvalue weighted by atomic mass is 16.4. The largest absolute Gasteiger partial charge is 0.478 e. The zero-order valence-electron chi connectivity index (χ0n) is 18.4. The predicted octanol–water partition coefficient (Wildman–Crippen LogP) is 4.55. The summed E-state index contributed by atoms with van der Waals surface area (Å²) in [7, 11) is 0. The fraction of sp³-hybridized carbons (Fsp3) is 0.0769. The van der Waals surface area contributed by atoms with Crippen molar-refractivity contribution in [1.82, 2.24) is 14.8 Å². The van der Waals surface area contributed by atoms with E-state index in [4.69, 9.17) is 5.26 Å². The quantitative estimate of drug-likeness (QED) is 0.395. The molecule has 0 fully saturated rings. The van der Waals surface area contributed by atoms with Gasteiger partial charge < -0.3 is 15.4 Å². The lowest BCUT2D eigenvalue weighted by molar-refractivity contribution is -0.110. The van der Waals surface area contributed by atoms with E-state index in [1.165, 1.54) is 0 Å². The Kier molecular flexibility index (Phi) is 4.87. The molecule has 0 unspecified atom stereocenters. The number of benzene rings is 2. The van der Waals surface area contributed by atoms with Crippen LogP contribution in [0, 0.1) is 25.2 Å². The smallest absolute Gasteiger partial charge is 0.337 e. The summed E-state index contributed by atoms with van der Waals surface area (Å²) < 4.78 is 1.77. The topological polar surface area (TPSA) is 124 Å². The number of H-pyrrole nitrogens is 1. The molecule has 4 aromatic rings. The summed E-state index contributed by atoms with van der Waals surface area (Å²) in [5, 5.41) is 25.8. The van der Waals surface area contributed by atoms with Gasteiger partial charge in [-0.05, 0) is 68.0 Å². The Morgan fingerprint density at radius 2 is 1.91 bits per heavy atom. The van der Waals surface area contributed by atoms with Gasteiger partial charge in [-0.3, -0.25) is 4.79 Å². The Labute approximate surface area is 194 Å². The normalized spacial score (nSPS) is 13.6. The van der Waals surface area contributed by atoms with Gasteiger partial charge in [0, 0.05) is 28.2 Å². The predicted molar refractivity (Wildman–Crippen MR) is 127 cm³/mol. The Morgan fingerprint density at radius 1 is 1.15 bits per heavy atom. The maximum atomic E-state index is 12.8. The van der Waals surface area contributed by atoms with Gasteiger partial charge in [-0.2, -0.15) is 10.4 Å². The third kappa shape index (κ3) is 3.36. The molecule has 2 aromatic heterocycles. The van der Waals surface area contributed by atoms with Crippen LogP contribution in [0.4, 0.5) is 5.69 Å². The number of carbonyl (C=O) groups is 2. The number of anilines is 1. The van der Waals surface area contributed by atoms with Gasteiger partial charge in [-0.15, -0.1) is 0 Å². The standard InChI is InChI=1S/C26H19N5O3/c1-14-22(29-15(2)24(14)26(33)34)12-20-19-11-17(5-8-21(19)30-25(20)32)23-9-10-28-31(23)18-6-3-16(13-27)4-7-18/h3-12,29H,1-2H3,(H,30,32)(H,33,34). The lowest BCUT2D eigenvalue weighted by Crippen LogP contribution is -2.03. The van der Waals surface area contributed by atoms with Gasteiger partial charge in [0.25, 0.3) is 5.91 Å². The van der Waals surface area contributed by atoms with Gasteiger partial charge in [0.2, 0.25) is 0 Å². The average Bonchev–Trinajstić information content (AvgIpc) is 3.50. The number of aromatic carboxylic acids is 1. The van der Waals surface area contributed by atoms with Crippen LogP contribution in [0.15, 0.2) is 54.7 Å². The number of amides is 1. The van der Waals surface area contributed by atoms with Crippen LogP contribution in [0.5, 0.6) is 0 Å². The van der Waals surface area contributed by atoms with Crippen molar-refractivity contribution in [3.63, 3.8) is 0 Å². The minimum atomic E-state index is -1.01. The van der Waals surface area contributed by atoms with Gasteiger partial charge in [-0.25, -0.2) is 9.48 Å². The van der Waals surface area contributed by atoms with Crippen molar-refractivity contribution in [3.05, 3.63) is 88.4 Å². The summed E-state index contributed by atoms with van der Waals surface area (Å²) in [6.07, 6.45) is 3.39. The second-order valence-corrected chi connectivity index (χ2v) is 8.03. The molecule has 1 aliphatic rings. The number of hydrogen-bond acceptors (Lipinski definition) is 4. The number of hydrogen-bond donors (Lipinski definition) is 3. The number of rotatable bonds is 4. The van der Waals surface area contributed by atoms with Gasteiger partial charge >= 0.3 is 5.97 Å². The zero-order chi connectivity index (χ0) is 24.0. The maximum absolute atomic E-state index is 12.8. The van der Waals surface area contributed by atoms with E-state index in [1.54, 1.807) is 42.9 Å². The monoisotopic (exact) mass is 449 g/mol. The van der Waals surface area contributed by atoms with Crippen LogP contribution in [-0.2, 0) is 4.79 Å². The molecule has 0 atom stereocenters. The molecule has 34 heavy (non-hydrogen) atoms. The maximum Gasteiger partial charge on any atom is 0.337 e. The van der Waals surface area contributed by atoms with Gasteiger partial charge in [-0.1, -0.05) is 6.07 Å². The molecule has 0 spiro atoms. The second kappa shape index (κ2) is 7.90. The Balaban J connectivity index is 1.58. The number of aryl methyl sites for hydroxylation is 1. The van der Waals surface area contributed by atoms with Crippen LogP contribution in [0.2, 0.25) is 0 Å². The van der Waals surface area contributed by atoms with Crippen molar-refractivity contribution in [2.24, 2.45) is 0 Å². The van der Waals surface area contributed by atoms with E-state index in [1.807, 2.05) is 36.4 Å².